The molecule has 0 bridgehead atoms. The molecule has 0 saturated carbocycles. The van der Waals surface area contributed by atoms with Crippen LogP contribution in [-0.2, 0) is 0 Å². The van der Waals surface area contributed by atoms with Crippen molar-refractivity contribution in [3.8, 4) is 5.88 Å². The molecule has 1 aliphatic rings. The predicted molar refractivity (Wildman–Crippen MR) is 85.4 cm³/mol. The fourth-order valence-electron chi connectivity index (χ4n) is 2.85. The summed E-state index contributed by atoms with van der Waals surface area (Å²) in [5, 5.41) is 18.5. The van der Waals surface area contributed by atoms with Crippen LogP contribution in [0.1, 0.15) is 5.69 Å². The van der Waals surface area contributed by atoms with Crippen LogP contribution in [-0.4, -0.2) is 54.6 Å². The third kappa shape index (κ3) is 3.62. The summed E-state index contributed by atoms with van der Waals surface area (Å²) in [5.74, 6) is 0.438. The quantitative estimate of drug-likeness (QED) is 0.589. The minimum Gasteiger partial charge on any atom is -0.468 e. The maximum Gasteiger partial charge on any atom is 0.292 e. The number of hydrogen-bond donors (Lipinski definition) is 1. The van der Waals surface area contributed by atoms with Crippen molar-refractivity contribution in [1.82, 2.24) is 10.3 Å². The molecule has 1 N–H and O–H groups in total. The molecule has 24 heavy (non-hydrogen) atoms. The van der Waals surface area contributed by atoms with E-state index in [1.54, 1.807) is 19.1 Å². The number of quaternary nitrogens is 1. The first-order valence-corrected chi connectivity index (χ1v) is 7.89. The third-order valence-electron chi connectivity index (χ3n) is 4.20. The van der Waals surface area contributed by atoms with Gasteiger partial charge in [0.25, 0.3) is 11.6 Å². The SMILES string of the molecule is Cc1nonc1OCC[NH+]1CCN(c2ccccc2[N+](=O)[O-])CC1. The van der Waals surface area contributed by atoms with Gasteiger partial charge in [0.2, 0.25) is 0 Å². The highest BCUT2D eigenvalue weighted by Crippen LogP contribution is 2.27. The Morgan fingerprint density at radius 2 is 2.08 bits per heavy atom. The van der Waals surface area contributed by atoms with Gasteiger partial charge in [-0.2, -0.15) is 0 Å². The molecule has 2 heterocycles. The molecule has 0 aliphatic carbocycles. The number of nitrogens with one attached hydrogen (secondary N) is 1. The normalized spacial score (nSPS) is 15.5. The average Bonchev–Trinajstić information content (AvgIpc) is 3.01. The first-order chi connectivity index (χ1) is 11.6. The molecule has 1 saturated heterocycles. The van der Waals surface area contributed by atoms with Crippen molar-refractivity contribution in [2.75, 3.05) is 44.2 Å². The lowest BCUT2D eigenvalue weighted by atomic mass is 10.2. The fraction of sp³-hybridized carbons (Fsp3) is 0.467. The van der Waals surface area contributed by atoms with Crippen LogP contribution < -0.4 is 14.5 Å². The topological polar surface area (TPSA) is 99.0 Å². The number of nitrogens with zero attached hydrogens (tertiary/aromatic N) is 4. The molecule has 1 fully saturated rings. The van der Waals surface area contributed by atoms with Crippen molar-refractivity contribution < 1.29 is 19.2 Å². The van der Waals surface area contributed by atoms with Gasteiger partial charge in [0.1, 0.15) is 24.5 Å². The third-order valence-corrected chi connectivity index (χ3v) is 4.20. The summed E-state index contributed by atoms with van der Waals surface area (Å²) in [5.41, 5.74) is 1.51. The molecule has 1 aliphatic heterocycles. The van der Waals surface area contributed by atoms with Crippen LogP contribution in [0.25, 0.3) is 0 Å². The molecule has 0 atom stereocenters. The van der Waals surface area contributed by atoms with Gasteiger partial charge >= 0.3 is 0 Å². The monoisotopic (exact) mass is 334 g/mol. The summed E-state index contributed by atoms with van der Waals surface area (Å²) < 4.78 is 10.1. The second-order valence-corrected chi connectivity index (χ2v) is 5.74. The van der Waals surface area contributed by atoms with Crippen LogP contribution >= 0.6 is 0 Å². The molecule has 9 heteroatoms. The molecular weight excluding hydrogens is 314 g/mol. The van der Waals surface area contributed by atoms with E-state index in [9.17, 15) is 10.1 Å². The number of benzene rings is 1. The number of ether oxygens (including phenoxy) is 1. The molecular formula is C15H20N5O4+. The van der Waals surface area contributed by atoms with Crippen molar-refractivity contribution in [2.45, 2.75) is 6.92 Å². The zero-order chi connectivity index (χ0) is 16.9. The number of aryl methyl sites for hydroxylation is 1. The molecule has 1 aromatic carbocycles. The molecule has 2 aromatic rings. The van der Waals surface area contributed by atoms with Crippen molar-refractivity contribution in [2.24, 2.45) is 0 Å². The molecule has 3 rings (SSSR count). The van der Waals surface area contributed by atoms with E-state index in [4.69, 9.17) is 4.74 Å². The Balaban J connectivity index is 1.49. The Hall–Kier alpha value is -2.68. The Kier molecular flexibility index (Phi) is 4.90. The first kappa shape index (κ1) is 16.2. The van der Waals surface area contributed by atoms with E-state index in [1.807, 2.05) is 12.1 Å². The van der Waals surface area contributed by atoms with Gasteiger partial charge < -0.3 is 14.5 Å². The molecule has 0 unspecified atom stereocenters. The van der Waals surface area contributed by atoms with Crippen molar-refractivity contribution in [3.05, 3.63) is 40.1 Å². The van der Waals surface area contributed by atoms with Crippen molar-refractivity contribution in [3.63, 3.8) is 0 Å². The minimum atomic E-state index is -0.323. The van der Waals surface area contributed by atoms with E-state index in [0.29, 0.717) is 23.9 Å². The van der Waals surface area contributed by atoms with Crippen LogP contribution in [0.5, 0.6) is 5.88 Å². The van der Waals surface area contributed by atoms with Crippen LogP contribution in [0.4, 0.5) is 11.4 Å². The smallest absolute Gasteiger partial charge is 0.292 e. The summed E-state index contributed by atoms with van der Waals surface area (Å²) >= 11 is 0. The Labute approximate surface area is 138 Å². The summed E-state index contributed by atoms with van der Waals surface area (Å²) in [6.07, 6.45) is 0. The van der Waals surface area contributed by atoms with Gasteiger partial charge in [-0.3, -0.25) is 10.1 Å². The van der Waals surface area contributed by atoms with Crippen LogP contribution in [0.2, 0.25) is 0 Å². The summed E-state index contributed by atoms with van der Waals surface area (Å²) in [4.78, 5) is 14.3. The van der Waals surface area contributed by atoms with E-state index < -0.39 is 0 Å². The van der Waals surface area contributed by atoms with Crippen molar-refractivity contribution in [1.29, 1.82) is 0 Å². The van der Waals surface area contributed by atoms with Crippen LogP contribution in [0, 0.1) is 17.0 Å². The molecule has 0 radical (unpaired) electrons. The predicted octanol–water partition coefficient (Wildman–Crippen LogP) is 0.0701. The molecule has 0 amide bonds. The second-order valence-electron chi connectivity index (χ2n) is 5.74. The van der Waals surface area contributed by atoms with E-state index >= 15 is 0 Å². The van der Waals surface area contributed by atoms with E-state index in [2.05, 4.69) is 19.8 Å². The molecule has 9 nitrogen and oxygen atoms in total. The van der Waals surface area contributed by atoms with E-state index in [1.165, 1.54) is 4.90 Å². The number of anilines is 1. The maximum atomic E-state index is 11.1. The summed E-state index contributed by atoms with van der Waals surface area (Å²) in [7, 11) is 0. The van der Waals surface area contributed by atoms with Gasteiger partial charge in [-0.1, -0.05) is 17.3 Å². The van der Waals surface area contributed by atoms with Crippen molar-refractivity contribution >= 4 is 11.4 Å². The van der Waals surface area contributed by atoms with Gasteiger partial charge in [-0.25, -0.2) is 4.63 Å². The van der Waals surface area contributed by atoms with Gasteiger partial charge in [-0.05, 0) is 18.1 Å². The zero-order valence-electron chi connectivity index (χ0n) is 13.5. The number of nitro benzene ring substituents is 1. The Morgan fingerprint density at radius 1 is 1.33 bits per heavy atom. The Morgan fingerprint density at radius 3 is 2.75 bits per heavy atom. The fourth-order valence-corrected chi connectivity index (χ4v) is 2.85. The van der Waals surface area contributed by atoms with Gasteiger partial charge in [0.15, 0.2) is 0 Å². The highest BCUT2D eigenvalue weighted by molar-refractivity contribution is 5.63. The largest absolute Gasteiger partial charge is 0.468 e. The molecule has 1 aromatic heterocycles. The number of rotatable bonds is 6. The lowest BCUT2D eigenvalue weighted by Crippen LogP contribution is -3.15. The minimum absolute atomic E-state index is 0.165. The highest BCUT2D eigenvalue weighted by Gasteiger charge is 2.25. The number of hydrogen-bond acceptors (Lipinski definition) is 7. The second kappa shape index (κ2) is 7.26. The standard InChI is InChI=1S/C15H19N5O4/c1-12-15(17-24-16-12)23-11-10-18-6-8-19(9-7-18)13-4-2-3-5-14(13)20(21)22/h2-5H,6-11H2,1H3/p+1. The van der Waals surface area contributed by atoms with Gasteiger partial charge in [-0.15, -0.1) is 0 Å². The van der Waals surface area contributed by atoms with Crippen LogP contribution in [0.3, 0.4) is 0 Å². The number of para-hydroxylation sites is 2. The van der Waals surface area contributed by atoms with E-state index in [-0.39, 0.29) is 10.6 Å². The highest BCUT2D eigenvalue weighted by atomic mass is 16.6. The molecule has 128 valence electrons. The Bertz CT molecular complexity index is 697. The average molecular weight is 334 g/mol. The van der Waals surface area contributed by atoms with Crippen LogP contribution in [0.15, 0.2) is 28.9 Å². The summed E-state index contributed by atoms with van der Waals surface area (Å²) in [6.45, 7) is 6.55. The van der Waals surface area contributed by atoms with E-state index in [0.717, 1.165) is 32.7 Å². The first-order valence-electron chi connectivity index (χ1n) is 7.89. The van der Waals surface area contributed by atoms with Gasteiger partial charge in [0.05, 0.1) is 31.1 Å². The zero-order valence-corrected chi connectivity index (χ0v) is 13.5. The number of piperazine rings is 1. The lowest BCUT2D eigenvalue weighted by molar-refractivity contribution is -0.900. The number of nitro groups is 1. The summed E-state index contributed by atoms with van der Waals surface area (Å²) in [6, 6.07) is 6.90. The molecule has 0 spiro atoms. The maximum absolute atomic E-state index is 11.1. The number of aromatic nitrogens is 2. The lowest BCUT2D eigenvalue weighted by Gasteiger charge is -2.33. The van der Waals surface area contributed by atoms with Gasteiger partial charge in [0, 0.05) is 6.07 Å².